The van der Waals surface area contributed by atoms with Crippen LogP contribution in [0.4, 0.5) is 0 Å². The summed E-state index contributed by atoms with van der Waals surface area (Å²) in [5.41, 5.74) is 5.42. The molecule has 0 aromatic carbocycles. The van der Waals surface area contributed by atoms with E-state index in [1.54, 1.807) is 14.2 Å². The molecule has 0 aromatic heterocycles. The van der Waals surface area contributed by atoms with Gasteiger partial charge in [0.25, 0.3) is 0 Å². The molecule has 0 saturated carbocycles. The monoisotopic (exact) mass is 223 g/mol. The highest BCUT2D eigenvalue weighted by molar-refractivity contribution is 7.80. The lowest BCUT2D eigenvalue weighted by molar-refractivity contribution is 0.165. The number of methoxy groups -OCH3 is 1. The van der Waals surface area contributed by atoms with Crippen molar-refractivity contribution >= 4 is 17.2 Å². The fourth-order valence-corrected chi connectivity index (χ4v) is 0.590. The van der Waals surface area contributed by atoms with Gasteiger partial charge in [0, 0.05) is 20.3 Å². The van der Waals surface area contributed by atoms with Gasteiger partial charge in [-0.25, -0.2) is 5.43 Å². The van der Waals surface area contributed by atoms with Gasteiger partial charge in [0.1, 0.15) is 6.73 Å². The maximum Gasteiger partial charge on any atom is 0.108 e. The van der Waals surface area contributed by atoms with Crippen molar-refractivity contribution in [1.82, 2.24) is 16.2 Å². The predicted molar refractivity (Wildman–Crippen MR) is 62.0 cm³/mol. The summed E-state index contributed by atoms with van der Waals surface area (Å²) in [6.07, 6.45) is 0.772. The lowest BCUT2D eigenvalue weighted by atomic mass is 10.4. The van der Waals surface area contributed by atoms with Gasteiger partial charge in [-0.3, -0.25) is 5.43 Å². The molecule has 0 aliphatic rings. The van der Waals surface area contributed by atoms with Gasteiger partial charge in [-0.05, 0) is 20.4 Å². The standard InChI is InChI=1S/C5H11NOS.C3H10N2O/c1-5(8)6-3-2-4-7;1-4-5-3-6-2/h7H,2-4H2,1H3,(H,6,8);4-5H,3H2,1-2H3. The van der Waals surface area contributed by atoms with Gasteiger partial charge >= 0.3 is 0 Å². The zero-order chi connectivity index (χ0) is 11.2. The van der Waals surface area contributed by atoms with Crippen molar-refractivity contribution in [2.75, 3.05) is 34.0 Å². The van der Waals surface area contributed by atoms with Crippen LogP contribution in [0.25, 0.3) is 0 Å². The second kappa shape index (κ2) is 15.2. The predicted octanol–water partition coefficient (Wildman–Crippen LogP) is -0.380. The summed E-state index contributed by atoms with van der Waals surface area (Å²) in [6.45, 7) is 3.39. The summed E-state index contributed by atoms with van der Waals surface area (Å²) >= 11 is 4.72. The van der Waals surface area contributed by atoms with Crippen molar-refractivity contribution in [3.63, 3.8) is 0 Å². The van der Waals surface area contributed by atoms with E-state index in [1.165, 1.54) is 0 Å². The Hall–Kier alpha value is -0.270. The number of aliphatic hydroxyl groups excluding tert-OH is 1. The first-order chi connectivity index (χ1) is 6.68. The van der Waals surface area contributed by atoms with Gasteiger partial charge in [0.2, 0.25) is 0 Å². The minimum absolute atomic E-state index is 0.232. The molecule has 4 N–H and O–H groups in total. The summed E-state index contributed by atoms with van der Waals surface area (Å²) in [5, 5.41) is 11.2. The van der Waals surface area contributed by atoms with Crippen LogP contribution in [0, 0.1) is 0 Å². The Kier molecular flexibility index (Phi) is 17.6. The van der Waals surface area contributed by atoms with Crippen LogP contribution >= 0.6 is 12.2 Å². The number of hydrogen-bond donors (Lipinski definition) is 4. The van der Waals surface area contributed by atoms with Gasteiger partial charge in [-0.2, -0.15) is 0 Å². The zero-order valence-electron chi connectivity index (χ0n) is 9.09. The Balaban J connectivity index is 0. The Labute approximate surface area is 91.2 Å². The first kappa shape index (κ1) is 16.2. The molecule has 0 aliphatic carbocycles. The third-order valence-electron chi connectivity index (χ3n) is 1.10. The number of ether oxygens (including phenoxy) is 1. The lowest BCUT2D eigenvalue weighted by Crippen LogP contribution is -2.29. The number of thiocarbonyl (C=S) groups is 1. The fourth-order valence-electron chi connectivity index (χ4n) is 0.488. The molecular formula is C8H21N3O2S. The zero-order valence-corrected chi connectivity index (χ0v) is 9.91. The molecule has 0 spiro atoms. The van der Waals surface area contributed by atoms with Crippen LogP contribution in [-0.4, -0.2) is 44.1 Å². The summed E-state index contributed by atoms with van der Waals surface area (Å²) in [4.78, 5) is 0.790. The Morgan fingerprint density at radius 2 is 2.14 bits per heavy atom. The number of aliphatic hydroxyl groups is 1. The molecule has 6 heteroatoms. The molecule has 0 aromatic rings. The summed E-state index contributed by atoms with van der Waals surface area (Å²) in [7, 11) is 3.42. The van der Waals surface area contributed by atoms with Gasteiger partial charge in [-0.1, -0.05) is 12.2 Å². The molecule has 86 valence electrons. The van der Waals surface area contributed by atoms with Crippen molar-refractivity contribution in [3.8, 4) is 0 Å². The minimum atomic E-state index is 0.232. The number of nitrogens with one attached hydrogen (secondary N) is 3. The maximum atomic E-state index is 8.30. The smallest absolute Gasteiger partial charge is 0.108 e. The van der Waals surface area contributed by atoms with Crippen molar-refractivity contribution < 1.29 is 9.84 Å². The molecule has 0 rings (SSSR count). The van der Waals surface area contributed by atoms with E-state index in [4.69, 9.17) is 17.3 Å². The number of hydrogen-bond acceptors (Lipinski definition) is 5. The lowest BCUT2D eigenvalue weighted by Gasteiger charge is -1.98. The average Bonchev–Trinajstić information content (AvgIpc) is 2.16. The molecule has 0 aliphatic heterocycles. The third-order valence-corrected chi connectivity index (χ3v) is 1.25. The van der Waals surface area contributed by atoms with Crippen molar-refractivity contribution in [3.05, 3.63) is 0 Å². The normalized spacial score (nSPS) is 8.86. The summed E-state index contributed by atoms with van der Waals surface area (Å²) < 4.78 is 4.61. The van der Waals surface area contributed by atoms with Gasteiger partial charge in [-0.15, -0.1) is 0 Å². The van der Waals surface area contributed by atoms with Crippen LogP contribution in [0.5, 0.6) is 0 Å². The van der Waals surface area contributed by atoms with Crippen LogP contribution in [0.15, 0.2) is 0 Å². The van der Waals surface area contributed by atoms with E-state index in [0.29, 0.717) is 6.73 Å². The van der Waals surface area contributed by atoms with Crippen molar-refractivity contribution in [2.24, 2.45) is 0 Å². The molecule has 0 saturated heterocycles. The minimum Gasteiger partial charge on any atom is -0.396 e. The number of hydrazine groups is 1. The SMILES string of the molecule is CC(=S)NCCCO.CNNCOC. The number of rotatable bonds is 6. The molecular weight excluding hydrogens is 202 g/mol. The highest BCUT2D eigenvalue weighted by atomic mass is 32.1. The summed E-state index contributed by atoms with van der Waals surface area (Å²) in [6, 6.07) is 0. The van der Waals surface area contributed by atoms with Crippen LogP contribution in [0.3, 0.4) is 0 Å². The van der Waals surface area contributed by atoms with E-state index in [-0.39, 0.29) is 6.61 Å². The molecule has 0 unspecified atom stereocenters. The molecule has 0 amide bonds. The van der Waals surface area contributed by atoms with E-state index >= 15 is 0 Å². The second-order valence-electron chi connectivity index (χ2n) is 2.42. The molecule has 0 bridgehead atoms. The van der Waals surface area contributed by atoms with E-state index in [1.807, 2.05) is 6.92 Å². The Bertz CT molecular complexity index is 121. The van der Waals surface area contributed by atoms with Gasteiger partial charge < -0.3 is 15.2 Å². The van der Waals surface area contributed by atoms with Crippen LogP contribution < -0.4 is 16.2 Å². The van der Waals surface area contributed by atoms with Gasteiger partial charge in [0.05, 0.1) is 4.99 Å². The van der Waals surface area contributed by atoms with Crippen LogP contribution in [0.1, 0.15) is 13.3 Å². The molecule has 0 atom stereocenters. The van der Waals surface area contributed by atoms with Gasteiger partial charge in [0.15, 0.2) is 0 Å². The third kappa shape index (κ3) is 22.6. The van der Waals surface area contributed by atoms with E-state index in [0.717, 1.165) is 18.0 Å². The topological polar surface area (TPSA) is 65.5 Å². The average molecular weight is 223 g/mol. The van der Waals surface area contributed by atoms with E-state index in [2.05, 4.69) is 20.9 Å². The van der Waals surface area contributed by atoms with Crippen LogP contribution in [-0.2, 0) is 4.74 Å². The molecule has 0 radical (unpaired) electrons. The van der Waals surface area contributed by atoms with Crippen molar-refractivity contribution in [1.29, 1.82) is 0 Å². The Morgan fingerprint density at radius 3 is 2.43 bits per heavy atom. The molecule has 14 heavy (non-hydrogen) atoms. The van der Waals surface area contributed by atoms with Crippen molar-refractivity contribution in [2.45, 2.75) is 13.3 Å². The molecule has 5 nitrogen and oxygen atoms in total. The summed E-state index contributed by atoms with van der Waals surface area (Å²) in [5.74, 6) is 0. The second-order valence-corrected chi connectivity index (χ2v) is 3.03. The fraction of sp³-hybridized carbons (Fsp3) is 0.875. The first-order valence-electron chi connectivity index (χ1n) is 4.42. The highest BCUT2D eigenvalue weighted by Gasteiger charge is 1.83. The van der Waals surface area contributed by atoms with Crippen LogP contribution in [0.2, 0.25) is 0 Å². The Morgan fingerprint density at radius 1 is 1.50 bits per heavy atom. The van der Waals surface area contributed by atoms with E-state index in [9.17, 15) is 0 Å². The first-order valence-corrected chi connectivity index (χ1v) is 4.83. The quantitative estimate of drug-likeness (QED) is 0.213. The largest absolute Gasteiger partial charge is 0.396 e. The molecule has 0 heterocycles. The highest BCUT2D eigenvalue weighted by Crippen LogP contribution is 1.72. The van der Waals surface area contributed by atoms with E-state index < -0.39 is 0 Å². The molecule has 0 fully saturated rings. The maximum absolute atomic E-state index is 8.30.